The van der Waals surface area contributed by atoms with Crippen LogP contribution in [0.3, 0.4) is 0 Å². The first-order chi connectivity index (χ1) is 5.34. The lowest BCUT2D eigenvalue weighted by Crippen LogP contribution is -2.32. The van der Waals surface area contributed by atoms with E-state index in [0.717, 1.165) is 12.5 Å². The summed E-state index contributed by atoms with van der Waals surface area (Å²) in [5.74, 6) is 3.49. The predicted octanol–water partition coefficient (Wildman–Crippen LogP) is 1.79. The molecule has 0 bridgehead atoms. The molecule has 62 valence electrons. The van der Waals surface area contributed by atoms with Gasteiger partial charge in [0.15, 0.2) is 0 Å². The predicted molar refractivity (Wildman–Crippen MR) is 48.3 cm³/mol. The molecule has 0 saturated heterocycles. The lowest BCUT2D eigenvalue weighted by atomic mass is 10.00. The van der Waals surface area contributed by atoms with Crippen molar-refractivity contribution in [2.24, 2.45) is 5.92 Å². The van der Waals surface area contributed by atoms with E-state index < -0.39 is 0 Å². The first-order valence-electron chi connectivity index (χ1n) is 4.51. The molecule has 0 amide bonds. The molecule has 1 aliphatic rings. The van der Waals surface area contributed by atoms with E-state index in [-0.39, 0.29) is 0 Å². The van der Waals surface area contributed by atoms with Gasteiger partial charge in [-0.15, -0.1) is 6.42 Å². The van der Waals surface area contributed by atoms with Gasteiger partial charge in [0.1, 0.15) is 0 Å². The van der Waals surface area contributed by atoms with Crippen LogP contribution in [0.2, 0.25) is 0 Å². The Bertz CT molecular complexity index is 139. The lowest BCUT2D eigenvalue weighted by Gasteiger charge is -2.18. The summed E-state index contributed by atoms with van der Waals surface area (Å²) in [6, 6.07) is 0.619. The molecule has 1 fully saturated rings. The molecule has 1 aliphatic carbocycles. The van der Waals surface area contributed by atoms with E-state index in [1.165, 1.54) is 25.7 Å². The van der Waals surface area contributed by atoms with Crippen LogP contribution in [0, 0.1) is 18.3 Å². The Morgan fingerprint density at radius 1 is 1.55 bits per heavy atom. The number of nitrogens with one attached hydrogen (secondary N) is 1. The summed E-state index contributed by atoms with van der Waals surface area (Å²) >= 11 is 0. The molecule has 1 unspecified atom stereocenters. The van der Waals surface area contributed by atoms with E-state index >= 15 is 0 Å². The van der Waals surface area contributed by atoms with E-state index in [4.69, 9.17) is 6.42 Å². The average molecular weight is 151 g/mol. The molecule has 1 saturated carbocycles. The highest BCUT2D eigenvalue weighted by Gasteiger charge is 2.20. The smallest absolute Gasteiger partial charge is 0.0575 e. The maximum atomic E-state index is 5.16. The second kappa shape index (κ2) is 4.41. The van der Waals surface area contributed by atoms with Crippen molar-refractivity contribution in [3.63, 3.8) is 0 Å². The number of rotatable bonds is 3. The summed E-state index contributed by atoms with van der Waals surface area (Å²) in [6.07, 6.45) is 10.8. The van der Waals surface area contributed by atoms with Crippen molar-refractivity contribution in [1.82, 2.24) is 5.32 Å². The van der Waals surface area contributed by atoms with Gasteiger partial charge in [-0.2, -0.15) is 0 Å². The molecule has 0 heterocycles. The maximum Gasteiger partial charge on any atom is 0.0575 e. The molecular weight excluding hydrogens is 134 g/mol. The Balaban J connectivity index is 2.18. The number of terminal acetylenes is 1. The van der Waals surface area contributed by atoms with Gasteiger partial charge in [0.25, 0.3) is 0 Å². The topological polar surface area (TPSA) is 12.0 Å². The highest BCUT2D eigenvalue weighted by atomic mass is 14.9. The van der Waals surface area contributed by atoms with Crippen molar-refractivity contribution in [2.75, 3.05) is 6.54 Å². The fraction of sp³-hybridized carbons (Fsp3) is 0.800. The Kier molecular flexibility index (Phi) is 3.45. The third kappa shape index (κ3) is 2.55. The van der Waals surface area contributed by atoms with Crippen molar-refractivity contribution < 1.29 is 0 Å². The monoisotopic (exact) mass is 151 g/mol. The normalized spacial score (nSPS) is 21.5. The van der Waals surface area contributed by atoms with Gasteiger partial charge in [0.2, 0.25) is 0 Å². The van der Waals surface area contributed by atoms with E-state index in [1.54, 1.807) is 0 Å². The second-order valence-corrected chi connectivity index (χ2v) is 3.42. The van der Waals surface area contributed by atoms with E-state index in [0.29, 0.717) is 6.04 Å². The molecule has 0 radical (unpaired) electrons. The minimum absolute atomic E-state index is 0.619. The standard InChI is InChI=1S/C10H17N/c1-3-8-11-9(2)10-6-4-5-7-10/h1,9-11H,4-8H2,2H3. The third-order valence-electron chi connectivity index (χ3n) is 2.63. The Morgan fingerprint density at radius 2 is 2.18 bits per heavy atom. The first-order valence-corrected chi connectivity index (χ1v) is 4.51. The highest BCUT2D eigenvalue weighted by Crippen LogP contribution is 2.27. The molecule has 1 N–H and O–H groups in total. The van der Waals surface area contributed by atoms with Crippen LogP contribution in [0.15, 0.2) is 0 Å². The van der Waals surface area contributed by atoms with Crippen LogP contribution in [0.5, 0.6) is 0 Å². The quantitative estimate of drug-likeness (QED) is 0.606. The zero-order valence-corrected chi connectivity index (χ0v) is 7.27. The number of hydrogen-bond acceptors (Lipinski definition) is 1. The summed E-state index contributed by atoms with van der Waals surface area (Å²) in [7, 11) is 0. The van der Waals surface area contributed by atoms with Crippen LogP contribution in [0.1, 0.15) is 32.6 Å². The van der Waals surface area contributed by atoms with Gasteiger partial charge in [0.05, 0.1) is 6.54 Å². The Hall–Kier alpha value is -0.480. The van der Waals surface area contributed by atoms with Crippen molar-refractivity contribution in [1.29, 1.82) is 0 Å². The van der Waals surface area contributed by atoms with Crippen LogP contribution in [-0.4, -0.2) is 12.6 Å². The van der Waals surface area contributed by atoms with Gasteiger partial charge in [-0.1, -0.05) is 18.8 Å². The molecule has 11 heavy (non-hydrogen) atoms. The molecule has 0 spiro atoms. The molecule has 1 nitrogen and oxygen atoms in total. The Labute approximate surface area is 69.6 Å². The molecule has 0 aromatic heterocycles. The zero-order chi connectivity index (χ0) is 8.10. The van der Waals surface area contributed by atoms with Gasteiger partial charge in [-0.3, -0.25) is 0 Å². The van der Waals surface area contributed by atoms with Crippen molar-refractivity contribution in [2.45, 2.75) is 38.6 Å². The fourth-order valence-electron chi connectivity index (χ4n) is 1.84. The van der Waals surface area contributed by atoms with Gasteiger partial charge < -0.3 is 5.32 Å². The van der Waals surface area contributed by atoms with Crippen LogP contribution < -0.4 is 5.32 Å². The summed E-state index contributed by atoms with van der Waals surface area (Å²) < 4.78 is 0. The third-order valence-corrected chi connectivity index (χ3v) is 2.63. The lowest BCUT2D eigenvalue weighted by molar-refractivity contribution is 0.396. The summed E-state index contributed by atoms with van der Waals surface area (Å²) in [5, 5.41) is 3.34. The zero-order valence-electron chi connectivity index (χ0n) is 7.27. The van der Waals surface area contributed by atoms with Crippen molar-refractivity contribution >= 4 is 0 Å². The average Bonchev–Trinajstić information content (AvgIpc) is 2.52. The largest absolute Gasteiger partial charge is 0.303 e. The van der Waals surface area contributed by atoms with Gasteiger partial charge in [-0.05, 0) is 25.7 Å². The second-order valence-electron chi connectivity index (χ2n) is 3.42. The fourth-order valence-corrected chi connectivity index (χ4v) is 1.84. The highest BCUT2D eigenvalue weighted by molar-refractivity contribution is 4.89. The van der Waals surface area contributed by atoms with Crippen LogP contribution in [-0.2, 0) is 0 Å². The maximum absolute atomic E-state index is 5.16. The van der Waals surface area contributed by atoms with E-state index in [9.17, 15) is 0 Å². The van der Waals surface area contributed by atoms with Crippen molar-refractivity contribution in [3.05, 3.63) is 0 Å². The van der Waals surface area contributed by atoms with Crippen LogP contribution in [0.25, 0.3) is 0 Å². The number of hydrogen-bond donors (Lipinski definition) is 1. The Morgan fingerprint density at radius 3 is 2.73 bits per heavy atom. The van der Waals surface area contributed by atoms with Gasteiger partial charge >= 0.3 is 0 Å². The molecule has 0 aromatic rings. The molecule has 1 atom stereocenters. The molecule has 1 rings (SSSR count). The minimum atomic E-state index is 0.619. The van der Waals surface area contributed by atoms with Crippen molar-refractivity contribution in [3.8, 4) is 12.3 Å². The SMILES string of the molecule is C#CCNC(C)C1CCCC1. The molecule has 1 heteroatoms. The van der Waals surface area contributed by atoms with Gasteiger partial charge in [-0.25, -0.2) is 0 Å². The molecule has 0 aliphatic heterocycles. The van der Waals surface area contributed by atoms with Crippen LogP contribution >= 0.6 is 0 Å². The van der Waals surface area contributed by atoms with Gasteiger partial charge in [0, 0.05) is 6.04 Å². The minimum Gasteiger partial charge on any atom is -0.303 e. The van der Waals surface area contributed by atoms with E-state index in [1.807, 2.05) is 0 Å². The summed E-state index contributed by atoms with van der Waals surface area (Å²) in [4.78, 5) is 0. The first kappa shape index (κ1) is 8.62. The molecule has 0 aromatic carbocycles. The summed E-state index contributed by atoms with van der Waals surface area (Å²) in [5.41, 5.74) is 0. The summed E-state index contributed by atoms with van der Waals surface area (Å²) in [6.45, 7) is 2.96. The molecular formula is C10H17N. The van der Waals surface area contributed by atoms with E-state index in [2.05, 4.69) is 18.2 Å². The van der Waals surface area contributed by atoms with Crippen LogP contribution in [0.4, 0.5) is 0 Å².